The molecule has 2 N–H and O–H groups in total. The van der Waals surface area contributed by atoms with Crippen LogP contribution in [-0.4, -0.2) is 38.6 Å². The molecule has 0 unspecified atom stereocenters. The van der Waals surface area contributed by atoms with E-state index in [1.54, 1.807) is 67.8 Å². The van der Waals surface area contributed by atoms with Crippen LogP contribution in [0.15, 0.2) is 66.7 Å². The number of hydrogen-bond donors (Lipinski definition) is 2. The molecule has 0 heterocycles. The number of hydrogen-bond acceptors (Lipinski definition) is 7. The van der Waals surface area contributed by atoms with E-state index in [1.165, 1.54) is 13.2 Å². The molecule has 3 rings (SSSR count). The molecular formula is C27H27ClN2O7. The Hall–Kier alpha value is -4.24. The predicted molar refractivity (Wildman–Crippen MR) is 140 cm³/mol. The summed E-state index contributed by atoms with van der Waals surface area (Å²) in [5.41, 5.74) is 0.968. The second kappa shape index (κ2) is 13.7. The number of amides is 2. The van der Waals surface area contributed by atoms with Crippen molar-refractivity contribution in [1.29, 1.82) is 0 Å². The summed E-state index contributed by atoms with van der Waals surface area (Å²) in [6.45, 7) is -0.467. The third-order valence-corrected chi connectivity index (χ3v) is 5.25. The summed E-state index contributed by atoms with van der Waals surface area (Å²) in [5.74, 6) is 1.07. The van der Waals surface area contributed by atoms with Crippen LogP contribution < -0.4 is 24.8 Å². The first-order chi connectivity index (χ1) is 17.9. The maximum Gasteiger partial charge on any atom is 0.306 e. The van der Waals surface area contributed by atoms with E-state index in [0.29, 0.717) is 33.6 Å². The summed E-state index contributed by atoms with van der Waals surface area (Å²) in [4.78, 5) is 36.2. The normalized spacial score (nSPS) is 10.2. The van der Waals surface area contributed by atoms with Crippen LogP contribution in [-0.2, 0) is 19.1 Å². The molecular weight excluding hydrogens is 500 g/mol. The molecule has 0 radical (unpaired) electrons. The first-order valence-electron chi connectivity index (χ1n) is 11.4. The number of methoxy groups -OCH3 is 2. The van der Waals surface area contributed by atoms with Crippen molar-refractivity contribution in [2.45, 2.75) is 19.3 Å². The van der Waals surface area contributed by atoms with Crippen LogP contribution in [0.1, 0.15) is 19.3 Å². The largest absolute Gasteiger partial charge is 0.497 e. The Morgan fingerprint density at radius 2 is 1.41 bits per heavy atom. The average Bonchev–Trinajstić information content (AvgIpc) is 2.89. The SMILES string of the molecule is COc1ccc(Oc2ccc(NC(=O)CCCC(=O)OCC(=O)Nc3cc(Cl)ccc3OC)cc2)cc1. The first-order valence-corrected chi connectivity index (χ1v) is 11.7. The third-order valence-electron chi connectivity index (χ3n) is 5.02. The summed E-state index contributed by atoms with van der Waals surface area (Å²) in [6.07, 6.45) is 0.383. The lowest BCUT2D eigenvalue weighted by Gasteiger charge is -2.11. The van der Waals surface area contributed by atoms with Crippen molar-refractivity contribution in [1.82, 2.24) is 0 Å². The van der Waals surface area contributed by atoms with Gasteiger partial charge >= 0.3 is 5.97 Å². The van der Waals surface area contributed by atoms with Gasteiger partial charge in [-0.3, -0.25) is 14.4 Å². The van der Waals surface area contributed by atoms with Gasteiger partial charge in [0.05, 0.1) is 19.9 Å². The molecule has 0 fully saturated rings. The van der Waals surface area contributed by atoms with E-state index >= 15 is 0 Å². The Balaban J connectivity index is 1.34. The number of halogens is 1. The Kier molecular flexibility index (Phi) is 10.2. The third kappa shape index (κ3) is 9.05. The van der Waals surface area contributed by atoms with Gasteiger partial charge in [0, 0.05) is 23.6 Å². The molecule has 0 bridgehead atoms. The molecule has 0 atom stereocenters. The fourth-order valence-corrected chi connectivity index (χ4v) is 3.36. The molecule has 0 aromatic heterocycles. The van der Waals surface area contributed by atoms with Crippen molar-refractivity contribution in [2.24, 2.45) is 0 Å². The molecule has 2 amide bonds. The van der Waals surface area contributed by atoms with E-state index < -0.39 is 18.5 Å². The maximum absolute atomic E-state index is 12.2. The summed E-state index contributed by atoms with van der Waals surface area (Å²) < 4.78 is 21.0. The van der Waals surface area contributed by atoms with E-state index in [-0.39, 0.29) is 25.2 Å². The zero-order chi connectivity index (χ0) is 26.6. The second-order valence-corrected chi connectivity index (χ2v) is 8.19. The standard InChI is InChI=1S/C27H27ClN2O7/c1-34-20-11-13-22(14-12-20)37-21-9-7-19(8-10-21)29-25(31)4-3-5-27(33)36-17-26(32)30-23-16-18(28)6-15-24(23)35-2/h6-16H,3-5,17H2,1-2H3,(H,29,31)(H,30,32). The van der Waals surface area contributed by atoms with Crippen molar-refractivity contribution < 1.29 is 33.3 Å². The number of carbonyl (C=O) groups is 3. The van der Waals surface area contributed by atoms with E-state index in [0.717, 1.165) is 5.75 Å². The monoisotopic (exact) mass is 526 g/mol. The van der Waals surface area contributed by atoms with Crippen LogP contribution >= 0.6 is 11.6 Å². The minimum Gasteiger partial charge on any atom is -0.497 e. The average molecular weight is 527 g/mol. The van der Waals surface area contributed by atoms with Crippen molar-refractivity contribution in [2.75, 3.05) is 31.5 Å². The molecule has 194 valence electrons. The van der Waals surface area contributed by atoms with Gasteiger partial charge in [-0.15, -0.1) is 0 Å². The fourth-order valence-electron chi connectivity index (χ4n) is 3.19. The number of esters is 1. The minimum atomic E-state index is -0.582. The minimum absolute atomic E-state index is 0.00414. The van der Waals surface area contributed by atoms with Crippen molar-refractivity contribution >= 4 is 40.8 Å². The van der Waals surface area contributed by atoms with Gasteiger partial charge in [-0.1, -0.05) is 11.6 Å². The highest BCUT2D eigenvalue weighted by Crippen LogP contribution is 2.28. The molecule has 0 saturated carbocycles. The van der Waals surface area contributed by atoms with Crippen molar-refractivity contribution in [3.8, 4) is 23.0 Å². The lowest BCUT2D eigenvalue weighted by atomic mass is 10.2. The summed E-state index contributed by atoms with van der Waals surface area (Å²) in [7, 11) is 3.06. The molecule has 37 heavy (non-hydrogen) atoms. The van der Waals surface area contributed by atoms with Crippen LogP contribution in [0.25, 0.3) is 0 Å². The van der Waals surface area contributed by atoms with Crippen LogP contribution in [0.5, 0.6) is 23.0 Å². The second-order valence-electron chi connectivity index (χ2n) is 7.76. The van der Waals surface area contributed by atoms with Crippen LogP contribution in [0.2, 0.25) is 5.02 Å². The highest BCUT2D eigenvalue weighted by atomic mass is 35.5. The molecule has 0 aliphatic heterocycles. The van der Waals surface area contributed by atoms with Crippen LogP contribution in [0.4, 0.5) is 11.4 Å². The van der Waals surface area contributed by atoms with Gasteiger partial charge in [0.25, 0.3) is 5.91 Å². The number of benzene rings is 3. The Morgan fingerprint density at radius 3 is 2.05 bits per heavy atom. The molecule has 0 saturated heterocycles. The highest BCUT2D eigenvalue weighted by Gasteiger charge is 2.12. The summed E-state index contributed by atoms with van der Waals surface area (Å²) in [6, 6.07) is 18.9. The molecule has 0 spiro atoms. The molecule has 9 nitrogen and oxygen atoms in total. The van der Waals surface area contributed by atoms with Crippen LogP contribution in [0, 0.1) is 0 Å². The number of nitrogens with one attached hydrogen (secondary N) is 2. The van der Waals surface area contributed by atoms with Gasteiger partial charge in [-0.2, -0.15) is 0 Å². The number of carbonyl (C=O) groups excluding carboxylic acids is 3. The molecule has 0 aliphatic rings. The maximum atomic E-state index is 12.2. The van der Waals surface area contributed by atoms with Crippen LogP contribution in [0.3, 0.4) is 0 Å². The van der Waals surface area contributed by atoms with E-state index in [9.17, 15) is 14.4 Å². The molecule has 0 aliphatic carbocycles. The Morgan fingerprint density at radius 1 is 0.757 bits per heavy atom. The van der Waals surface area contributed by atoms with Gasteiger partial charge < -0.3 is 29.6 Å². The van der Waals surface area contributed by atoms with Gasteiger partial charge in [-0.25, -0.2) is 0 Å². The Bertz CT molecular complexity index is 1210. The lowest BCUT2D eigenvalue weighted by molar-refractivity contribution is -0.147. The quantitative estimate of drug-likeness (QED) is 0.302. The predicted octanol–water partition coefficient (Wildman–Crippen LogP) is 5.44. The summed E-state index contributed by atoms with van der Waals surface area (Å²) in [5, 5.41) is 5.76. The number of anilines is 2. The van der Waals surface area contributed by atoms with Gasteiger partial charge in [0.15, 0.2) is 6.61 Å². The Labute approximate surface area is 219 Å². The van der Waals surface area contributed by atoms with Gasteiger partial charge in [0.1, 0.15) is 23.0 Å². The van der Waals surface area contributed by atoms with Crippen molar-refractivity contribution in [3.05, 3.63) is 71.8 Å². The van der Waals surface area contributed by atoms with E-state index in [1.807, 2.05) is 0 Å². The number of rotatable bonds is 12. The smallest absolute Gasteiger partial charge is 0.306 e. The zero-order valence-corrected chi connectivity index (χ0v) is 21.2. The number of ether oxygens (including phenoxy) is 4. The summed E-state index contributed by atoms with van der Waals surface area (Å²) >= 11 is 5.93. The van der Waals surface area contributed by atoms with Gasteiger partial charge in [0.2, 0.25) is 5.91 Å². The fraction of sp³-hybridized carbons (Fsp3) is 0.222. The van der Waals surface area contributed by atoms with E-state index in [4.69, 9.17) is 30.5 Å². The lowest BCUT2D eigenvalue weighted by Crippen LogP contribution is -2.21. The molecule has 3 aromatic carbocycles. The first kappa shape index (κ1) is 27.3. The van der Waals surface area contributed by atoms with Crippen molar-refractivity contribution in [3.63, 3.8) is 0 Å². The molecule has 3 aromatic rings. The zero-order valence-electron chi connectivity index (χ0n) is 20.4. The van der Waals surface area contributed by atoms with Gasteiger partial charge in [-0.05, 0) is 73.2 Å². The highest BCUT2D eigenvalue weighted by molar-refractivity contribution is 6.31. The van der Waals surface area contributed by atoms with E-state index in [2.05, 4.69) is 10.6 Å². The topological polar surface area (TPSA) is 112 Å². The molecule has 10 heteroatoms.